The second-order valence-corrected chi connectivity index (χ2v) is 13.6. The van der Waals surface area contributed by atoms with Gasteiger partial charge in [-0.3, -0.25) is 0 Å². The summed E-state index contributed by atoms with van der Waals surface area (Å²) in [4.78, 5) is 14.0. The standard InChI is InChI=1S/C16H34N2O3Si/c1-15(2,3)20-14(19)18-10-12(17)9-13(11-18)21-22(7,8)16(4,5)6/h12-13H,9-11,17H2,1-8H3. The van der Waals surface area contributed by atoms with Crippen LogP contribution in [0.3, 0.4) is 0 Å². The summed E-state index contributed by atoms with van der Waals surface area (Å²) in [7, 11) is -1.87. The maximum absolute atomic E-state index is 12.3. The summed E-state index contributed by atoms with van der Waals surface area (Å²) in [6, 6.07) is -0.0592. The lowest BCUT2D eigenvalue weighted by Gasteiger charge is -2.43. The molecule has 1 fully saturated rings. The number of carbonyl (C=O) groups excluding carboxylic acids is 1. The van der Waals surface area contributed by atoms with Gasteiger partial charge in [-0.15, -0.1) is 0 Å². The maximum atomic E-state index is 12.3. The van der Waals surface area contributed by atoms with Crippen molar-refractivity contribution >= 4 is 14.4 Å². The van der Waals surface area contributed by atoms with E-state index in [1.807, 2.05) is 20.8 Å². The summed E-state index contributed by atoms with van der Waals surface area (Å²) in [5.41, 5.74) is 5.64. The number of rotatable bonds is 2. The molecule has 1 heterocycles. The molecule has 1 amide bonds. The van der Waals surface area contributed by atoms with Crippen LogP contribution in [0.2, 0.25) is 18.1 Å². The van der Waals surface area contributed by atoms with Gasteiger partial charge in [-0.05, 0) is 45.3 Å². The molecule has 0 aromatic rings. The minimum absolute atomic E-state index is 0.00263. The van der Waals surface area contributed by atoms with Crippen molar-refractivity contribution in [2.75, 3.05) is 13.1 Å². The van der Waals surface area contributed by atoms with Crippen LogP contribution in [0.4, 0.5) is 4.79 Å². The van der Waals surface area contributed by atoms with Crippen molar-refractivity contribution in [3.05, 3.63) is 0 Å². The van der Waals surface area contributed by atoms with Gasteiger partial charge in [-0.1, -0.05) is 20.8 Å². The quantitative estimate of drug-likeness (QED) is 0.789. The fourth-order valence-electron chi connectivity index (χ4n) is 2.24. The molecule has 1 aliphatic rings. The van der Waals surface area contributed by atoms with Crippen LogP contribution in [0.5, 0.6) is 0 Å². The predicted molar refractivity (Wildman–Crippen MR) is 92.5 cm³/mol. The zero-order chi connectivity index (χ0) is 17.3. The van der Waals surface area contributed by atoms with Crippen molar-refractivity contribution in [1.82, 2.24) is 4.90 Å². The summed E-state index contributed by atoms with van der Waals surface area (Å²) in [5.74, 6) is 0. The normalized spacial score (nSPS) is 24.3. The summed E-state index contributed by atoms with van der Waals surface area (Å²) < 4.78 is 11.9. The lowest BCUT2D eigenvalue weighted by molar-refractivity contribution is 0.00267. The average molecular weight is 331 g/mol. The maximum Gasteiger partial charge on any atom is 0.410 e. The number of carbonyl (C=O) groups is 1. The van der Waals surface area contributed by atoms with Crippen molar-refractivity contribution < 1.29 is 14.0 Å². The molecule has 1 rings (SSSR count). The van der Waals surface area contributed by atoms with Crippen molar-refractivity contribution in [3.8, 4) is 0 Å². The van der Waals surface area contributed by atoms with E-state index in [0.717, 1.165) is 6.42 Å². The SMILES string of the molecule is CC(C)(C)OC(=O)N1CC(N)CC(O[Si](C)(C)C(C)(C)C)C1. The van der Waals surface area contributed by atoms with Gasteiger partial charge in [-0.2, -0.15) is 0 Å². The Bertz CT molecular complexity index is 399. The van der Waals surface area contributed by atoms with E-state index < -0.39 is 13.9 Å². The van der Waals surface area contributed by atoms with E-state index in [2.05, 4.69) is 33.9 Å². The Morgan fingerprint density at radius 1 is 1.14 bits per heavy atom. The van der Waals surface area contributed by atoms with Gasteiger partial charge in [0, 0.05) is 19.1 Å². The minimum Gasteiger partial charge on any atom is -0.444 e. The summed E-state index contributed by atoms with van der Waals surface area (Å²) in [5, 5.41) is 0.144. The van der Waals surface area contributed by atoms with Crippen molar-refractivity contribution in [3.63, 3.8) is 0 Å². The molecule has 6 heteroatoms. The first-order chi connectivity index (χ1) is 9.71. The number of likely N-dealkylation sites (tertiary alicyclic amines) is 1. The number of piperidine rings is 1. The second kappa shape index (κ2) is 6.49. The summed E-state index contributed by atoms with van der Waals surface area (Å²) >= 11 is 0. The number of nitrogens with zero attached hydrogens (tertiary/aromatic N) is 1. The number of ether oxygens (including phenoxy) is 1. The Labute approximate surface area is 136 Å². The van der Waals surface area contributed by atoms with Crippen molar-refractivity contribution in [2.45, 2.75) is 83.8 Å². The highest BCUT2D eigenvalue weighted by atomic mass is 28.4. The van der Waals surface area contributed by atoms with E-state index in [-0.39, 0.29) is 23.3 Å². The fourth-order valence-corrected chi connectivity index (χ4v) is 3.60. The number of hydrogen-bond acceptors (Lipinski definition) is 4. The first kappa shape index (κ1) is 19.5. The monoisotopic (exact) mass is 330 g/mol. The third kappa shape index (κ3) is 5.55. The number of hydrogen-bond donors (Lipinski definition) is 1. The molecular weight excluding hydrogens is 296 g/mol. The average Bonchev–Trinajstić information content (AvgIpc) is 2.23. The molecule has 2 atom stereocenters. The Morgan fingerprint density at radius 2 is 1.68 bits per heavy atom. The van der Waals surface area contributed by atoms with Crippen LogP contribution in [0.1, 0.15) is 48.0 Å². The van der Waals surface area contributed by atoms with Gasteiger partial charge in [0.1, 0.15) is 5.60 Å². The van der Waals surface area contributed by atoms with E-state index in [9.17, 15) is 4.79 Å². The molecule has 1 aliphatic heterocycles. The fraction of sp³-hybridized carbons (Fsp3) is 0.938. The first-order valence-corrected chi connectivity index (χ1v) is 11.0. The van der Waals surface area contributed by atoms with E-state index in [4.69, 9.17) is 14.9 Å². The molecule has 0 aliphatic carbocycles. The van der Waals surface area contributed by atoms with Gasteiger partial charge in [0.05, 0.1) is 6.10 Å². The van der Waals surface area contributed by atoms with Gasteiger partial charge in [0.15, 0.2) is 8.32 Å². The highest BCUT2D eigenvalue weighted by molar-refractivity contribution is 6.74. The molecule has 5 nitrogen and oxygen atoms in total. The lowest BCUT2D eigenvalue weighted by atomic mass is 10.0. The van der Waals surface area contributed by atoms with E-state index in [0.29, 0.717) is 13.1 Å². The molecular formula is C16H34N2O3Si. The number of amides is 1. The van der Waals surface area contributed by atoms with Crippen LogP contribution in [0.15, 0.2) is 0 Å². The highest BCUT2D eigenvalue weighted by Crippen LogP contribution is 2.38. The molecule has 130 valence electrons. The van der Waals surface area contributed by atoms with E-state index in [1.54, 1.807) is 4.90 Å². The molecule has 1 saturated heterocycles. The molecule has 2 N–H and O–H groups in total. The molecule has 0 aromatic carbocycles. The van der Waals surface area contributed by atoms with Gasteiger partial charge in [-0.25, -0.2) is 4.79 Å². The lowest BCUT2D eigenvalue weighted by Crippen LogP contribution is -2.56. The molecule has 0 aromatic heterocycles. The Morgan fingerprint density at radius 3 is 2.14 bits per heavy atom. The van der Waals surface area contributed by atoms with Crippen LogP contribution in [0, 0.1) is 0 Å². The molecule has 0 spiro atoms. The third-order valence-electron chi connectivity index (χ3n) is 4.36. The molecule has 2 unspecified atom stereocenters. The van der Waals surface area contributed by atoms with Crippen LogP contribution in [-0.2, 0) is 9.16 Å². The number of nitrogens with two attached hydrogens (primary N) is 1. The van der Waals surface area contributed by atoms with Gasteiger partial charge in [0.2, 0.25) is 0 Å². The van der Waals surface area contributed by atoms with Crippen LogP contribution >= 0.6 is 0 Å². The first-order valence-electron chi connectivity index (χ1n) is 8.12. The zero-order valence-electron chi connectivity index (χ0n) is 15.5. The van der Waals surface area contributed by atoms with Crippen LogP contribution in [0.25, 0.3) is 0 Å². The summed E-state index contributed by atoms with van der Waals surface area (Å²) in [6.07, 6.45) is 0.495. The minimum atomic E-state index is -1.87. The van der Waals surface area contributed by atoms with E-state index in [1.165, 1.54) is 0 Å². The predicted octanol–water partition coefficient (Wildman–Crippen LogP) is 3.34. The zero-order valence-corrected chi connectivity index (χ0v) is 16.5. The van der Waals surface area contributed by atoms with Gasteiger partial charge >= 0.3 is 6.09 Å². The van der Waals surface area contributed by atoms with Gasteiger partial charge in [0.25, 0.3) is 0 Å². The topological polar surface area (TPSA) is 64.8 Å². The summed E-state index contributed by atoms with van der Waals surface area (Å²) in [6.45, 7) is 17.8. The molecule has 0 saturated carbocycles. The highest BCUT2D eigenvalue weighted by Gasteiger charge is 2.41. The smallest absolute Gasteiger partial charge is 0.410 e. The van der Waals surface area contributed by atoms with Crippen molar-refractivity contribution in [1.29, 1.82) is 0 Å². The van der Waals surface area contributed by atoms with Crippen molar-refractivity contribution in [2.24, 2.45) is 5.73 Å². The molecule has 22 heavy (non-hydrogen) atoms. The molecule has 0 radical (unpaired) electrons. The third-order valence-corrected chi connectivity index (χ3v) is 8.90. The molecule has 0 bridgehead atoms. The van der Waals surface area contributed by atoms with Gasteiger partial charge < -0.3 is 19.8 Å². The Kier molecular flexibility index (Phi) is 5.74. The largest absolute Gasteiger partial charge is 0.444 e. The Hall–Kier alpha value is -0.593. The van der Waals surface area contributed by atoms with E-state index >= 15 is 0 Å². The van der Waals surface area contributed by atoms with Crippen LogP contribution in [-0.4, -0.2) is 50.1 Å². The second-order valence-electron chi connectivity index (χ2n) is 8.88. The Balaban J connectivity index is 2.74. The van der Waals surface area contributed by atoms with Crippen LogP contribution < -0.4 is 5.73 Å².